The van der Waals surface area contributed by atoms with Crippen molar-refractivity contribution in [2.24, 2.45) is 0 Å². The summed E-state index contributed by atoms with van der Waals surface area (Å²) in [6.45, 7) is 1.46. The molecule has 0 unspecified atom stereocenters. The summed E-state index contributed by atoms with van der Waals surface area (Å²) in [4.78, 5) is 27.4. The van der Waals surface area contributed by atoms with Crippen LogP contribution in [0.2, 0.25) is 0 Å². The summed E-state index contributed by atoms with van der Waals surface area (Å²) in [7, 11) is 0. The van der Waals surface area contributed by atoms with E-state index in [1.54, 1.807) is 31.2 Å². The fourth-order valence-electron chi connectivity index (χ4n) is 2.32. The summed E-state index contributed by atoms with van der Waals surface area (Å²) in [5.41, 5.74) is 1.39. The zero-order chi connectivity index (χ0) is 18.7. The van der Waals surface area contributed by atoms with E-state index < -0.39 is 10.9 Å². The van der Waals surface area contributed by atoms with Gasteiger partial charge in [-0.05, 0) is 37.3 Å². The van der Waals surface area contributed by atoms with Crippen LogP contribution in [0.4, 0.5) is 10.1 Å². The standard InChI is InChI=1S/C18H13FN2O4S/c1-11-16(26-17(20-11)12-6-8-14(19)9-7-12)18(22)25-10-13-4-2-3-5-15(13)21(23)24/h2-9H,10H2,1H3. The van der Waals surface area contributed by atoms with Crippen molar-refractivity contribution in [3.05, 3.63) is 80.6 Å². The van der Waals surface area contributed by atoms with Crippen molar-refractivity contribution in [3.8, 4) is 10.6 Å². The number of thiazole rings is 1. The smallest absolute Gasteiger partial charge is 0.350 e. The number of hydrogen-bond donors (Lipinski definition) is 0. The highest BCUT2D eigenvalue weighted by Gasteiger charge is 2.20. The first-order valence-electron chi connectivity index (χ1n) is 7.58. The largest absolute Gasteiger partial charge is 0.456 e. The lowest BCUT2D eigenvalue weighted by Crippen LogP contribution is -2.06. The van der Waals surface area contributed by atoms with E-state index in [1.165, 1.54) is 24.3 Å². The number of ether oxygens (including phenoxy) is 1. The van der Waals surface area contributed by atoms with Gasteiger partial charge in [-0.2, -0.15) is 0 Å². The summed E-state index contributed by atoms with van der Waals surface area (Å²) >= 11 is 1.13. The number of carbonyl (C=O) groups is 1. The molecule has 0 fully saturated rings. The van der Waals surface area contributed by atoms with Gasteiger partial charge in [0.25, 0.3) is 5.69 Å². The first-order chi connectivity index (χ1) is 12.5. The highest BCUT2D eigenvalue weighted by Crippen LogP contribution is 2.29. The highest BCUT2D eigenvalue weighted by molar-refractivity contribution is 7.17. The van der Waals surface area contributed by atoms with Crippen LogP contribution in [0.15, 0.2) is 48.5 Å². The fourth-order valence-corrected chi connectivity index (χ4v) is 3.29. The zero-order valence-corrected chi connectivity index (χ0v) is 14.5. The number of nitro groups is 1. The molecule has 0 spiro atoms. The molecule has 0 radical (unpaired) electrons. The molecular formula is C18H13FN2O4S. The Morgan fingerprint density at radius 2 is 1.92 bits per heavy atom. The van der Waals surface area contributed by atoms with Gasteiger partial charge in [0.15, 0.2) is 0 Å². The molecule has 1 aromatic heterocycles. The van der Waals surface area contributed by atoms with E-state index in [0.29, 0.717) is 26.7 Å². The minimum atomic E-state index is -0.605. The Bertz CT molecular complexity index is 970. The van der Waals surface area contributed by atoms with E-state index in [-0.39, 0.29) is 18.1 Å². The number of hydrogen-bond acceptors (Lipinski definition) is 6. The number of halogens is 1. The molecule has 132 valence electrons. The Morgan fingerprint density at radius 3 is 2.62 bits per heavy atom. The molecule has 2 aromatic carbocycles. The molecule has 1 heterocycles. The number of nitro benzene ring substituents is 1. The fraction of sp³-hybridized carbons (Fsp3) is 0.111. The summed E-state index contributed by atoms with van der Waals surface area (Å²) in [6, 6.07) is 11.9. The van der Waals surface area contributed by atoms with Crippen molar-refractivity contribution in [2.75, 3.05) is 0 Å². The van der Waals surface area contributed by atoms with Gasteiger partial charge >= 0.3 is 5.97 Å². The third kappa shape index (κ3) is 3.75. The van der Waals surface area contributed by atoms with Crippen molar-refractivity contribution in [2.45, 2.75) is 13.5 Å². The predicted molar refractivity (Wildman–Crippen MR) is 94.5 cm³/mol. The third-order valence-corrected chi connectivity index (χ3v) is 4.81. The average Bonchev–Trinajstić information content (AvgIpc) is 3.02. The highest BCUT2D eigenvalue weighted by atomic mass is 32.1. The van der Waals surface area contributed by atoms with E-state index in [2.05, 4.69) is 4.98 Å². The molecule has 0 amide bonds. The van der Waals surface area contributed by atoms with Gasteiger partial charge in [-0.3, -0.25) is 10.1 Å². The quantitative estimate of drug-likeness (QED) is 0.373. The zero-order valence-electron chi connectivity index (χ0n) is 13.6. The molecule has 8 heteroatoms. The molecule has 0 aliphatic carbocycles. The molecule has 26 heavy (non-hydrogen) atoms. The van der Waals surface area contributed by atoms with Crippen molar-refractivity contribution in [1.82, 2.24) is 4.98 Å². The Labute approximate surface area is 152 Å². The first kappa shape index (κ1) is 17.7. The van der Waals surface area contributed by atoms with Gasteiger partial charge in [0.2, 0.25) is 0 Å². The molecule has 0 saturated carbocycles. The van der Waals surface area contributed by atoms with Gasteiger partial charge in [-0.1, -0.05) is 12.1 Å². The first-order valence-corrected chi connectivity index (χ1v) is 8.40. The number of carbonyl (C=O) groups excluding carboxylic acids is 1. The second kappa shape index (κ2) is 7.40. The second-order valence-electron chi connectivity index (χ2n) is 5.40. The van der Waals surface area contributed by atoms with Crippen LogP contribution < -0.4 is 0 Å². The predicted octanol–water partition coefficient (Wildman–Crippen LogP) is 4.52. The number of para-hydroxylation sites is 1. The van der Waals surface area contributed by atoms with E-state index in [1.807, 2.05) is 0 Å². The third-order valence-electron chi connectivity index (χ3n) is 3.62. The number of esters is 1. The van der Waals surface area contributed by atoms with Crippen LogP contribution in [0.3, 0.4) is 0 Å². The van der Waals surface area contributed by atoms with Crippen molar-refractivity contribution in [3.63, 3.8) is 0 Å². The Morgan fingerprint density at radius 1 is 1.23 bits per heavy atom. The van der Waals surface area contributed by atoms with E-state index >= 15 is 0 Å². The van der Waals surface area contributed by atoms with Gasteiger partial charge in [0.1, 0.15) is 22.3 Å². The molecule has 0 bridgehead atoms. The topological polar surface area (TPSA) is 82.3 Å². The number of aromatic nitrogens is 1. The van der Waals surface area contributed by atoms with Crippen LogP contribution in [0.25, 0.3) is 10.6 Å². The van der Waals surface area contributed by atoms with Gasteiger partial charge in [-0.15, -0.1) is 11.3 Å². The maximum absolute atomic E-state index is 13.0. The van der Waals surface area contributed by atoms with Crippen LogP contribution in [-0.2, 0) is 11.3 Å². The summed E-state index contributed by atoms with van der Waals surface area (Å²) < 4.78 is 18.2. The molecular weight excluding hydrogens is 359 g/mol. The van der Waals surface area contributed by atoms with Crippen LogP contribution in [0.1, 0.15) is 20.9 Å². The maximum atomic E-state index is 13.0. The van der Waals surface area contributed by atoms with Gasteiger partial charge in [0, 0.05) is 11.6 Å². The number of aryl methyl sites for hydroxylation is 1. The van der Waals surface area contributed by atoms with Gasteiger partial charge in [-0.25, -0.2) is 14.2 Å². The van der Waals surface area contributed by atoms with Crippen molar-refractivity contribution in [1.29, 1.82) is 0 Å². The minimum Gasteiger partial charge on any atom is -0.456 e. The lowest BCUT2D eigenvalue weighted by Gasteiger charge is -2.04. The SMILES string of the molecule is Cc1nc(-c2ccc(F)cc2)sc1C(=O)OCc1ccccc1[N+](=O)[O-]. The van der Waals surface area contributed by atoms with E-state index in [0.717, 1.165) is 11.3 Å². The normalized spacial score (nSPS) is 10.5. The van der Waals surface area contributed by atoms with Crippen molar-refractivity contribution < 1.29 is 18.8 Å². The maximum Gasteiger partial charge on any atom is 0.350 e. The molecule has 0 aliphatic rings. The summed E-state index contributed by atoms with van der Waals surface area (Å²) in [5, 5.41) is 11.6. The molecule has 0 aliphatic heterocycles. The van der Waals surface area contributed by atoms with E-state index in [4.69, 9.17) is 4.74 Å². The van der Waals surface area contributed by atoms with Gasteiger partial charge in [0.05, 0.1) is 16.2 Å². The van der Waals surface area contributed by atoms with Crippen LogP contribution in [-0.4, -0.2) is 15.9 Å². The van der Waals surface area contributed by atoms with Gasteiger partial charge < -0.3 is 4.74 Å². The van der Waals surface area contributed by atoms with Crippen LogP contribution in [0.5, 0.6) is 0 Å². The monoisotopic (exact) mass is 372 g/mol. The van der Waals surface area contributed by atoms with Crippen LogP contribution in [0, 0.1) is 22.9 Å². The minimum absolute atomic E-state index is 0.103. The van der Waals surface area contributed by atoms with E-state index in [9.17, 15) is 19.3 Å². The molecule has 0 atom stereocenters. The number of benzene rings is 2. The Hall–Kier alpha value is -3.13. The number of rotatable bonds is 5. The van der Waals surface area contributed by atoms with Crippen LogP contribution >= 0.6 is 11.3 Å². The Kier molecular flexibility index (Phi) is 5.04. The van der Waals surface area contributed by atoms with Crippen molar-refractivity contribution >= 4 is 23.0 Å². The molecule has 0 saturated heterocycles. The summed E-state index contributed by atoms with van der Waals surface area (Å²) in [5.74, 6) is -0.961. The molecule has 6 nitrogen and oxygen atoms in total. The Balaban J connectivity index is 1.77. The lowest BCUT2D eigenvalue weighted by molar-refractivity contribution is -0.385. The molecule has 3 rings (SSSR count). The summed E-state index contributed by atoms with van der Waals surface area (Å²) in [6.07, 6.45) is 0. The number of nitrogens with zero attached hydrogens (tertiary/aromatic N) is 2. The molecule has 0 N–H and O–H groups in total. The molecule has 3 aromatic rings. The lowest BCUT2D eigenvalue weighted by atomic mass is 10.2. The average molecular weight is 372 g/mol. The second-order valence-corrected chi connectivity index (χ2v) is 6.40.